The van der Waals surface area contributed by atoms with Crippen molar-refractivity contribution in [3.63, 3.8) is 0 Å². The molecule has 1 amide bonds. The maximum Gasteiger partial charge on any atom is 0.216 e. The molecule has 0 aliphatic rings. The zero-order chi connectivity index (χ0) is 22.2. The summed E-state index contributed by atoms with van der Waals surface area (Å²) in [5, 5.41) is 2.73. The Morgan fingerprint density at radius 3 is 2.29 bits per heavy atom. The van der Waals surface area contributed by atoms with E-state index in [-0.39, 0.29) is 5.91 Å². The predicted molar refractivity (Wildman–Crippen MR) is 122 cm³/mol. The summed E-state index contributed by atoms with van der Waals surface area (Å²) < 4.78 is 11.6. The summed E-state index contributed by atoms with van der Waals surface area (Å²) in [5.41, 5.74) is 6.23. The zero-order valence-corrected chi connectivity index (χ0v) is 18.1. The van der Waals surface area contributed by atoms with E-state index in [1.165, 1.54) is 12.5 Å². The summed E-state index contributed by atoms with van der Waals surface area (Å²) in [5.74, 6) is 1.46. The molecule has 0 atom stereocenters. The quantitative estimate of drug-likeness (QED) is 0.398. The van der Waals surface area contributed by atoms with Crippen molar-refractivity contribution in [3.8, 4) is 22.6 Å². The second kappa shape index (κ2) is 10.4. The summed E-state index contributed by atoms with van der Waals surface area (Å²) >= 11 is 0. The van der Waals surface area contributed by atoms with Crippen LogP contribution in [-0.4, -0.2) is 25.3 Å². The van der Waals surface area contributed by atoms with E-state index < -0.39 is 0 Å². The molecule has 31 heavy (non-hydrogen) atoms. The first kappa shape index (κ1) is 22.1. The topological polar surface area (TPSA) is 64.6 Å². The highest BCUT2D eigenvalue weighted by Crippen LogP contribution is 2.31. The summed E-state index contributed by atoms with van der Waals surface area (Å²) in [6, 6.07) is 19.4. The van der Waals surface area contributed by atoms with Crippen LogP contribution in [0.15, 0.2) is 60.7 Å². The molecule has 0 radical (unpaired) electrons. The van der Waals surface area contributed by atoms with Gasteiger partial charge in [0.05, 0.1) is 6.54 Å². The molecule has 1 N–H and O–H groups in total. The molecule has 3 aromatic carbocycles. The summed E-state index contributed by atoms with van der Waals surface area (Å²) in [6.07, 6.45) is 0.817. The van der Waals surface area contributed by atoms with Gasteiger partial charge in [-0.1, -0.05) is 18.2 Å². The zero-order valence-electron chi connectivity index (χ0n) is 18.1. The SMILES string of the molecule is CC(=O)NCCOc1cc(C)c(-c2cccc(COc3ccc(C=O)cc3)c2)c(C)c1. The van der Waals surface area contributed by atoms with Crippen LogP contribution in [0.25, 0.3) is 11.1 Å². The molecule has 3 aromatic rings. The highest BCUT2D eigenvalue weighted by Gasteiger charge is 2.10. The van der Waals surface area contributed by atoms with E-state index in [1.807, 2.05) is 24.3 Å². The molecule has 0 aliphatic carbocycles. The number of ether oxygens (including phenoxy) is 2. The second-order valence-corrected chi connectivity index (χ2v) is 7.44. The molecule has 0 spiro atoms. The third kappa shape index (κ3) is 6.19. The van der Waals surface area contributed by atoms with Crippen LogP contribution < -0.4 is 14.8 Å². The first-order valence-corrected chi connectivity index (χ1v) is 10.2. The normalized spacial score (nSPS) is 10.4. The molecular formula is C26H27NO4. The van der Waals surface area contributed by atoms with Gasteiger partial charge in [0, 0.05) is 12.5 Å². The first-order valence-electron chi connectivity index (χ1n) is 10.2. The van der Waals surface area contributed by atoms with Gasteiger partial charge in [0.1, 0.15) is 31.0 Å². The van der Waals surface area contributed by atoms with E-state index in [2.05, 4.69) is 31.3 Å². The number of aldehydes is 1. The monoisotopic (exact) mass is 417 g/mol. The number of hydrogen-bond donors (Lipinski definition) is 1. The minimum atomic E-state index is -0.0619. The average Bonchev–Trinajstić information content (AvgIpc) is 2.75. The molecule has 3 rings (SSSR count). The van der Waals surface area contributed by atoms with Crippen molar-refractivity contribution in [3.05, 3.63) is 82.9 Å². The smallest absolute Gasteiger partial charge is 0.216 e. The first-order chi connectivity index (χ1) is 15.0. The van der Waals surface area contributed by atoms with Crippen molar-refractivity contribution in [2.45, 2.75) is 27.4 Å². The molecule has 5 heteroatoms. The summed E-state index contributed by atoms with van der Waals surface area (Å²) in [6.45, 7) is 6.98. The van der Waals surface area contributed by atoms with Gasteiger partial charge >= 0.3 is 0 Å². The molecule has 0 saturated carbocycles. The second-order valence-electron chi connectivity index (χ2n) is 7.44. The summed E-state index contributed by atoms with van der Waals surface area (Å²) in [7, 11) is 0. The molecule has 0 bridgehead atoms. The maximum atomic E-state index is 11.0. The van der Waals surface area contributed by atoms with Gasteiger partial charge in [0.15, 0.2) is 0 Å². The fourth-order valence-electron chi connectivity index (χ4n) is 3.48. The lowest BCUT2D eigenvalue weighted by Crippen LogP contribution is -2.25. The van der Waals surface area contributed by atoms with E-state index in [9.17, 15) is 9.59 Å². The number of nitrogens with one attached hydrogen (secondary N) is 1. The molecule has 0 fully saturated rings. The lowest BCUT2D eigenvalue weighted by Gasteiger charge is -2.15. The van der Waals surface area contributed by atoms with Crippen molar-refractivity contribution in [1.29, 1.82) is 0 Å². The number of aryl methyl sites for hydroxylation is 2. The highest BCUT2D eigenvalue weighted by atomic mass is 16.5. The van der Waals surface area contributed by atoms with Crippen LogP contribution in [0.5, 0.6) is 11.5 Å². The Labute approximate surface area is 183 Å². The van der Waals surface area contributed by atoms with E-state index in [1.54, 1.807) is 24.3 Å². The molecule has 0 saturated heterocycles. The van der Waals surface area contributed by atoms with Crippen LogP contribution in [0.4, 0.5) is 0 Å². The molecule has 0 aromatic heterocycles. The van der Waals surface area contributed by atoms with Crippen LogP contribution in [0, 0.1) is 13.8 Å². The van der Waals surface area contributed by atoms with Crippen LogP contribution in [0.1, 0.15) is 34.0 Å². The lowest BCUT2D eigenvalue weighted by atomic mass is 9.94. The van der Waals surface area contributed by atoms with Crippen molar-refractivity contribution < 1.29 is 19.1 Å². The third-order valence-corrected chi connectivity index (χ3v) is 4.89. The van der Waals surface area contributed by atoms with Gasteiger partial charge in [0.2, 0.25) is 5.91 Å². The van der Waals surface area contributed by atoms with Gasteiger partial charge in [-0.3, -0.25) is 9.59 Å². The minimum Gasteiger partial charge on any atom is -0.492 e. The van der Waals surface area contributed by atoms with Crippen molar-refractivity contribution in [2.75, 3.05) is 13.2 Å². The molecule has 0 heterocycles. The maximum absolute atomic E-state index is 11.0. The van der Waals surface area contributed by atoms with E-state index in [4.69, 9.17) is 9.47 Å². The molecule has 0 aliphatic heterocycles. The van der Waals surface area contributed by atoms with E-state index in [0.29, 0.717) is 25.3 Å². The number of benzene rings is 3. The van der Waals surface area contributed by atoms with Crippen molar-refractivity contribution >= 4 is 12.2 Å². The molecule has 0 unspecified atom stereocenters. The van der Waals surface area contributed by atoms with Gasteiger partial charge in [0.25, 0.3) is 0 Å². The van der Waals surface area contributed by atoms with Gasteiger partial charge in [-0.15, -0.1) is 0 Å². The standard InChI is InChI=1S/C26H27NO4/c1-18-13-25(30-12-11-27-20(3)29)14-19(2)26(18)23-6-4-5-22(15-23)17-31-24-9-7-21(16-28)8-10-24/h4-10,13-16H,11-12,17H2,1-3H3,(H,27,29). The van der Waals surface area contributed by atoms with Crippen LogP contribution in [0.2, 0.25) is 0 Å². The lowest BCUT2D eigenvalue weighted by molar-refractivity contribution is -0.119. The number of amides is 1. The number of carbonyl (C=O) groups is 2. The summed E-state index contributed by atoms with van der Waals surface area (Å²) in [4.78, 5) is 21.7. The van der Waals surface area contributed by atoms with E-state index >= 15 is 0 Å². The van der Waals surface area contributed by atoms with Crippen LogP contribution in [0.3, 0.4) is 0 Å². The third-order valence-electron chi connectivity index (χ3n) is 4.89. The fourth-order valence-corrected chi connectivity index (χ4v) is 3.48. The van der Waals surface area contributed by atoms with Gasteiger partial charge in [-0.25, -0.2) is 0 Å². The minimum absolute atomic E-state index is 0.0619. The number of rotatable bonds is 9. The fraction of sp³-hybridized carbons (Fsp3) is 0.231. The Hall–Kier alpha value is -3.60. The van der Waals surface area contributed by atoms with Crippen molar-refractivity contribution in [1.82, 2.24) is 5.32 Å². The van der Waals surface area contributed by atoms with Gasteiger partial charge < -0.3 is 14.8 Å². The van der Waals surface area contributed by atoms with Crippen LogP contribution in [-0.2, 0) is 11.4 Å². The number of hydrogen-bond acceptors (Lipinski definition) is 4. The number of carbonyl (C=O) groups excluding carboxylic acids is 2. The van der Waals surface area contributed by atoms with Gasteiger partial charge in [-0.05, 0) is 84.1 Å². The Morgan fingerprint density at radius 2 is 1.65 bits per heavy atom. The average molecular weight is 418 g/mol. The Morgan fingerprint density at radius 1 is 0.935 bits per heavy atom. The van der Waals surface area contributed by atoms with Crippen molar-refractivity contribution in [2.24, 2.45) is 0 Å². The molecule has 5 nitrogen and oxygen atoms in total. The van der Waals surface area contributed by atoms with Gasteiger partial charge in [-0.2, -0.15) is 0 Å². The van der Waals surface area contributed by atoms with Crippen LogP contribution >= 0.6 is 0 Å². The van der Waals surface area contributed by atoms with E-state index in [0.717, 1.165) is 40.0 Å². The Balaban J connectivity index is 1.70. The molecule has 160 valence electrons. The molecular weight excluding hydrogens is 390 g/mol. The Kier molecular flexibility index (Phi) is 7.44. The highest BCUT2D eigenvalue weighted by molar-refractivity contribution is 5.75. The Bertz CT molecular complexity index is 1030. The predicted octanol–water partition coefficient (Wildman–Crippen LogP) is 4.88. The largest absolute Gasteiger partial charge is 0.492 e.